The minimum Gasteiger partial charge on any atom is -0.357 e. The average molecular weight is 331 g/mol. The lowest BCUT2D eigenvalue weighted by molar-refractivity contribution is -0.130. The van der Waals surface area contributed by atoms with Crippen LogP contribution in [0.3, 0.4) is 0 Å². The van der Waals surface area contributed by atoms with E-state index in [2.05, 4.69) is 20.6 Å². The molecule has 2 amide bonds. The van der Waals surface area contributed by atoms with Gasteiger partial charge in [-0.25, -0.2) is 4.98 Å². The molecule has 0 saturated carbocycles. The first-order chi connectivity index (χ1) is 11.5. The van der Waals surface area contributed by atoms with Crippen molar-refractivity contribution in [3.63, 3.8) is 0 Å². The van der Waals surface area contributed by atoms with Crippen LogP contribution >= 0.6 is 0 Å². The predicted molar refractivity (Wildman–Crippen MR) is 93.2 cm³/mol. The summed E-state index contributed by atoms with van der Waals surface area (Å²) >= 11 is 0. The van der Waals surface area contributed by atoms with Crippen molar-refractivity contribution in [2.45, 2.75) is 38.8 Å². The zero-order valence-electron chi connectivity index (χ0n) is 14.3. The number of nitrogens with one attached hydrogen (secondary N) is 3. The van der Waals surface area contributed by atoms with Crippen LogP contribution in [0.15, 0.2) is 24.5 Å². The third-order valence-corrected chi connectivity index (χ3v) is 4.35. The van der Waals surface area contributed by atoms with Gasteiger partial charge in [0.1, 0.15) is 11.7 Å². The van der Waals surface area contributed by atoms with Crippen molar-refractivity contribution < 1.29 is 9.59 Å². The molecule has 24 heavy (non-hydrogen) atoms. The summed E-state index contributed by atoms with van der Waals surface area (Å²) in [4.78, 5) is 31.7. The number of H-pyrrole nitrogens is 1. The molecule has 0 fully saturated rings. The number of rotatable bonds is 7. The standard InChI is InChI=1S/C17H25N5O2/c1-4-10(2)14(17(24)19-3)22-16(23)13(18)8-11-9-21-15-12(11)6-5-7-20-15/h5-7,9-10,13-14H,4,8,18H2,1-3H3,(H,19,24)(H,20,21)(H,22,23)/t10-,13+,14-/m0/s1. The Balaban J connectivity index is 2.07. The summed E-state index contributed by atoms with van der Waals surface area (Å²) in [5.74, 6) is -0.512. The van der Waals surface area contributed by atoms with Crippen molar-refractivity contribution in [1.82, 2.24) is 20.6 Å². The van der Waals surface area contributed by atoms with Crippen molar-refractivity contribution >= 4 is 22.8 Å². The van der Waals surface area contributed by atoms with E-state index in [1.54, 1.807) is 13.2 Å². The maximum absolute atomic E-state index is 12.4. The Kier molecular flexibility index (Phi) is 5.92. The molecule has 0 saturated heterocycles. The van der Waals surface area contributed by atoms with E-state index in [1.165, 1.54) is 0 Å². The Hall–Kier alpha value is -2.41. The summed E-state index contributed by atoms with van der Waals surface area (Å²) in [7, 11) is 1.56. The van der Waals surface area contributed by atoms with Crippen LogP contribution in [0.4, 0.5) is 0 Å². The number of likely N-dealkylation sites (N-methyl/N-ethyl adjacent to an activating group) is 1. The second-order valence-electron chi connectivity index (χ2n) is 6.01. The maximum Gasteiger partial charge on any atom is 0.242 e. The second-order valence-corrected chi connectivity index (χ2v) is 6.01. The monoisotopic (exact) mass is 331 g/mol. The highest BCUT2D eigenvalue weighted by atomic mass is 16.2. The molecule has 3 atom stereocenters. The Bertz CT molecular complexity index is 712. The van der Waals surface area contributed by atoms with E-state index < -0.39 is 12.1 Å². The highest BCUT2D eigenvalue weighted by Crippen LogP contribution is 2.17. The molecule has 130 valence electrons. The molecule has 0 aliphatic carbocycles. The van der Waals surface area contributed by atoms with Crippen molar-refractivity contribution in [3.8, 4) is 0 Å². The number of amides is 2. The van der Waals surface area contributed by atoms with Crippen LogP contribution in [0.5, 0.6) is 0 Å². The van der Waals surface area contributed by atoms with Crippen molar-refractivity contribution in [2.24, 2.45) is 11.7 Å². The van der Waals surface area contributed by atoms with E-state index in [-0.39, 0.29) is 17.7 Å². The molecule has 0 aliphatic heterocycles. The predicted octanol–water partition coefficient (Wildman–Crippen LogP) is 0.710. The largest absolute Gasteiger partial charge is 0.357 e. The summed E-state index contributed by atoms with van der Waals surface area (Å²) in [6.07, 6.45) is 4.67. The Labute approximate surface area is 141 Å². The average Bonchev–Trinajstić information content (AvgIpc) is 3.01. The molecule has 2 heterocycles. The molecular formula is C17H25N5O2. The smallest absolute Gasteiger partial charge is 0.242 e. The zero-order chi connectivity index (χ0) is 17.7. The third-order valence-electron chi connectivity index (χ3n) is 4.35. The van der Waals surface area contributed by atoms with E-state index in [4.69, 9.17) is 5.73 Å². The van der Waals surface area contributed by atoms with Gasteiger partial charge in [-0.3, -0.25) is 9.59 Å². The molecule has 7 heteroatoms. The summed E-state index contributed by atoms with van der Waals surface area (Å²) in [6.45, 7) is 3.91. The topological polar surface area (TPSA) is 113 Å². The van der Waals surface area contributed by atoms with Crippen molar-refractivity contribution in [3.05, 3.63) is 30.1 Å². The number of carbonyl (C=O) groups is 2. The second kappa shape index (κ2) is 7.92. The van der Waals surface area contributed by atoms with Gasteiger partial charge in [-0.2, -0.15) is 0 Å². The summed E-state index contributed by atoms with van der Waals surface area (Å²) in [5.41, 5.74) is 7.75. The Morgan fingerprint density at radius 3 is 2.79 bits per heavy atom. The number of nitrogens with two attached hydrogens (primary N) is 1. The molecule has 0 aromatic carbocycles. The Morgan fingerprint density at radius 2 is 2.12 bits per heavy atom. The third kappa shape index (κ3) is 3.91. The minimum atomic E-state index is -0.736. The van der Waals surface area contributed by atoms with Gasteiger partial charge in [0.25, 0.3) is 0 Å². The first-order valence-electron chi connectivity index (χ1n) is 8.16. The van der Waals surface area contributed by atoms with Crippen LogP contribution in [0.25, 0.3) is 11.0 Å². The number of aromatic amines is 1. The van der Waals surface area contributed by atoms with E-state index in [9.17, 15) is 9.59 Å². The van der Waals surface area contributed by atoms with Crippen LogP contribution in [-0.2, 0) is 16.0 Å². The fourth-order valence-electron chi connectivity index (χ4n) is 2.63. The molecule has 7 nitrogen and oxygen atoms in total. The number of carbonyl (C=O) groups excluding carboxylic acids is 2. The first-order valence-corrected chi connectivity index (χ1v) is 8.16. The van der Waals surface area contributed by atoms with Gasteiger partial charge in [-0.05, 0) is 30.0 Å². The van der Waals surface area contributed by atoms with Gasteiger partial charge in [0.2, 0.25) is 11.8 Å². The minimum absolute atomic E-state index is 0.0263. The van der Waals surface area contributed by atoms with Crippen LogP contribution in [0, 0.1) is 5.92 Å². The molecule has 0 bridgehead atoms. The van der Waals surface area contributed by atoms with Gasteiger partial charge in [0.05, 0.1) is 6.04 Å². The Morgan fingerprint density at radius 1 is 1.38 bits per heavy atom. The summed E-state index contributed by atoms with van der Waals surface area (Å²) < 4.78 is 0. The zero-order valence-corrected chi connectivity index (χ0v) is 14.3. The van der Waals surface area contributed by atoms with E-state index in [0.29, 0.717) is 6.42 Å². The summed E-state index contributed by atoms with van der Waals surface area (Å²) in [6, 6.07) is 2.46. The molecular weight excluding hydrogens is 306 g/mol. The number of hydrogen-bond acceptors (Lipinski definition) is 4. The van der Waals surface area contributed by atoms with Crippen molar-refractivity contribution in [2.75, 3.05) is 7.05 Å². The molecule has 2 rings (SSSR count). The number of hydrogen-bond donors (Lipinski definition) is 4. The number of aromatic nitrogens is 2. The number of nitrogens with zero attached hydrogens (tertiary/aromatic N) is 1. The fourth-order valence-corrected chi connectivity index (χ4v) is 2.63. The fraction of sp³-hybridized carbons (Fsp3) is 0.471. The number of fused-ring (bicyclic) bond motifs is 1. The maximum atomic E-state index is 12.4. The van der Waals surface area contributed by atoms with Crippen molar-refractivity contribution in [1.29, 1.82) is 0 Å². The van der Waals surface area contributed by atoms with Gasteiger partial charge in [0, 0.05) is 24.8 Å². The molecule has 0 radical (unpaired) electrons. The number of pyridine rings is 1. The van der Waals surface area contributed by atoms with Gasteiger partial charge < -0.3 is 21.4 Å². The van der Waals surface area contributed by atoms with Crippen LogP contribution in [0.2, 0.25) is 0 Å². The van der Waals surface area contributed by atoms with Gasteiger partial charge >= 0.3 is 0 Å². The van der Waals surface area contributed by atoms with E-state index >= 15 is 0 Å². The van der Waals surface area contributed by atoms with Gasteiger partial charge in [-0.15, -0.1) is 0 Å². The lowest BCUT2D eigenvalue weighted by atomic mass is 9.97. The highest BCUT2D eigenvalue weighted by molar-refractivity contribution is 5.90. The van der Waals surface area contributed by atoms with Gasteiger partial charge in [-0.1, -0.05) is 20.3 Å². The lowest BCUT2D eigenvalue weighted by Crippen LogP contribution is -2.54. The lowest BCUT2D eigenvalue weighted by Gasteiger charge is -2.24. The quantitative estimate of drug-likeness (QED) is 0.598. The first kappa shape index (κ1) is 17.9. The molecule has 2 aromatic heterocycles. The van der Waals surface area contributed by atoms with Gasteiger partial charge in [0.15, 0.2) is 0 Å². The van der Waals surface area contributed by atoms with Crippen LogP contribution < -0.4 is 16.4 Å². The SMILES string of the molecule is CC[C@H](C)[C@H](NC(=O)[C@H](N)Cc1c[nH]c2ncccc12)C(=O)NC. The highest BCUT2D eigenvalue weighted by Gasteiger charge is 2.27. The summed E-state index contributed by atoms with van der Waals surface area (Å²) in [5, 5.41) is 6.31. The molecule has 0 aliphatic rings. The van der Waals surface area contributed by atoms with Crippen LogP contribution in [-0.4, -0.2) is 40.9 Å². The van der Waals surface area contributed by atoms with E-state index in [0.717, 1.165) is 23.0 Å². The molecule has 0 unspecified atom stereocenters. The molecule has 0 spiro atoms. The molecule has 5 N–H and O–H groups in total. The molecule has 2 aromatic rings. The normalized spacial score (nSPS) is 14.8. The van der Waals surface area contributed by atoms with E-state index in [1.807, 2.05) is 32.2 Å². The van der Waals surface area contributed by atoms with Crippen LogP contribution in [0.1, 0.15) is 25.8 Å².